The van der Waals surface area contributed by atoms with E-state index in [-0.39, 0.29) is 18.6 Å². The van der Waals surface area contributed by atoms with Gasteiger partial charge in [0.2, 0.25) is 0 Å². The molecule has 0 unspecified atom stereocenters. The van der Waals surface area contributed by atoms with E-state index >= 15 is 0 Å². The summed E-state index contributed by atoms with van der Waals surface area (Å²) in [6.07, 6.45) is 2.30. The van der Waals surface area contributed by atoms with Crippen LogP contribution in [0.1, 0.15) is 47.0 Å². The van der Waals surface area contributed by atoms with Crippen LogP contribution in [0.4, 0.5) is 0 Å². The first-order chi connectivity index (χ1) is 15.4. The number of methoxy groups -OCH3 is 1. The number of carbonyl (C=O) groups is 1. The highest BCUT2D eigenvalue weighted by Crippen LogP contribution is 2.42. The van der Waals surface area contributed by atoms with Crippen LogP contribution in [0.5, 0.6) is 0 Å². The summed E-state index contributed by atoms with van der Waals surface area (Å²) in [5.74, 6) is -0.429. The normalized spacial score (nSPS) is 17.1. The topological polar surface area (TPSA) is 99.0 Å². The van der Waals surface area contributed by atoms with Crippen LogP contribution in [0.25, 0.3) is 0 Å². The average Bonchev–Trinajstić information content (AvgIpc) is 2.76. The number of nitrogens with one attached hydrogen (secondary N) is 1. The molecule has 0 radical (unpaired) electrons. The number of carbonyl (C=O) groups excluding carboxylic acids is 1. The molecule has 1 rings (SSSR count). The van der Waals surface area contributed by atoms with E-state index in [1.54, 1.807) is 14.0 Å². The van der Waals surface area contributed by atoms with Crippen LogP contribution in [0.15, 0.2) is 22.4 Å². The van der Waals surface area contributed by atoms with Crippen molar-refractivity contribution >= 4 is 5.97 Å². The van der Waals surface area contributed by atoms with Gasteiger partial charge in [-0.05, 0) is 37.2 Å². The molecule has 0 saturated carbocycles. The number of esters is 1. The number of allylic oxidation sites excluding steroid dienone is 2. The number of nitriles is 1. The van der Waals surface area contributed by atoms with Gasteiger partial charge in [-0.3, -0.25) is 0 Å². The second kappa shape index (κ2) is 15.8. The molecule has 1 aliphatic carbocycles. The zero-order valence-electron chi connectivity index (χ0n) is 20.4. The Hall–Kier alpha value is -1.92. The van der Waals surface area contributed by atoms with E-state index in [9.17, 15) is 10.1 Å². The van der Waals surface area contributed by atoms with Crippen LogP contribution in [0, 0.1) is 16.7 Å². The third-order valence-corrected chi connectivity index (χ3v) is 4.94. The molecule has 1 aliphatic rings. The first-order valence-corrected chi connectivity index (χ1v) is 11.3. The lowest BCUT2D eigenvalue weighted by Gasteiger charge is -2.35. The van der Waals surface area contributed by atoms with Gasteiger partial charge in [-0.2, -0.15) is 5.26 Å². The van der Waals surface area contributed by atoms with Gasteiger partial charge in [-0.15, -0.1) is 0 Å². The van der Waals surface area contributed by atoms with Crippen LogP contribution in [-0.4, -0.2) is 72.5 Å². The summed E-state index contributed by atoms with van der Waals surface area (Å²) in [7, 11) is 1.62. The zero-order valence-corrected chi connectivity index (χ0v) is 20.4. The first-order valence-electron chi connectivity index (χ1n) is 11.3. The monoisotopic (exact) mass is 452 g/mol. The fraction of sp³-hybridized carbons (Fsp3) is 0.750. The average molecular weight is 453 g/mol. The van der Waals surface area contributed by atoms with Gasteiger partial charge in [0.25, 0.3) is 0 Å². The number of hydrogen-bond acceptors (Lipinski definition) is 8. The molecular formula is C24H40N2O6. The van der Waals surface area contributed by atoms with Gasteiger partial charge >= 0.3 is 5.97 Å². The molecule has 0 heterocycles. The van der Waals surface area contributed by atoms with E-state index in [2.05, 4.69) is 32.2 Å². The second-order valence-corrected chi connectivity index (χ2v) is 8.48. The summed E-state index contributed by atoms with van der Waals surface area (Å²) >= 11 is 0. The van der Waals surface area contributed by atoms with E-state index in [1.165, 1.54) is 0 Å². The minimum absolute atomic E-state index is 0.0737. The summed E-state index contributed by atoms with van der Waals surface area (Å²) in [6.45, 7) is 12.3. The summed E-state index contributed by atoms with van der Waals surface area (Å²) in [5.41, 5.74) is 2.49. The van der Waals surface area contributed by atoms with Crippen molar-refractivity contribution in [2.24, 2.45) is 5.41 Å². The van der Waals surface area contributed by atoms with E-state index in [0.29, 0.717) is 70.2 Å². The highest BCUT2D eigenvalue weighted by molar-refractivity contribution is 5.95. The van der Waals surface area contributed by atoms with Gasteiger partial charge in [0.05, 0.1) is 51.3 Å². The Bertz CT molecular complexity index is 678. The van der Waals surface area contributed by atoms with Crippen molar-refractivity contribution in [3.8, 4) is 6.07 Å². The molecule has 0 aliphatic heterocycles. The first kappa shape index (κ1) is 28.1. The van der Waals surface area contributed by atoms with Crippen LogP contribution in [0.2, 0.25) is 0 Å². The van der Waals surface area contributed by atoms with Crippen molar-refractivity contribution in [3.05, 3.63) is 22.4 Å². The predicted octanol–water partition coefficient (Wildman–Crippen LogP) is 3.14. The molecule has 0 amide bonds. The van der Waals surface area contributed by atoms with Crippen molar-refractivity contribution < 1.29 is 28.5 Å². The molecule has 8 nitrogen and oxygen atoms in total. The van der Waals surface area contributed by atoms with Crippen molar-refractivity contribution in [2.75, 3.05) is 66.5 Å². The zero-order chi connectivity index (χ0) is 23.8. The van der Waals surface area contributed by atoms with Crippen LogP contribution < -0.4 is 5.32 Å². The quantitative estimate of drug-likeness (QED) is 0.217. The van der Waals surface area contributed by atoms with Gasteiger partial charge < -0.3 is 29.0 Å². The van der Waals surface area contributed by atoms with Crippen LogP contribution in [-0.2, 0) is 28.5 Å². The summed E-state index contributed by atoms with van der Waals surface area (Å²) in [5, 5.41) is 12.9. The van der Waals surface area contributed by atoms with E-state index in [4.69, 9.17) is 23.7 Å². The van der Waals surface area contributed by atoms with E-state index < -0.39 is 5.97 Å². The van der Waals surface area contributed by atoms with Crippen molar-refractivity contribution in [2.45, 2.75) is 47.0 Å². The van der Waals surface area contributed by atoms with Gasteiger partial charge in [0.1, 0.15) is 6.61 Å². The summed E-state index contributed by atoms with van der Waals surface area (Å²) in [4.78, 5) is 13.0. The summed E-state index contributed by atoms with van der Waals surface area (Å²) < 4.78 is 26.7. The number of hydrogen-bond donors (Lipinski definition) is 1. The number of nitrogens with zero attached hydrogens (tertiary/aromatic N) is 1. The fourth-order valence-corrected chi connectivity index (χ4v) is 3.41. The molecule has 1 N–H and O–H groups in total. The molecule has 8 heteroatoms. The van der Waals surface area contributed by atoms with Gasteiger partial charge in [0, 0.05) is 31.5 Å². The van der Waals surface area contributed by atoms with Gasteiger partial charge in [-0.25, -0.2) is 4.79 Å². The Morgan fingerprint density at radius 1 is 1.00 bits per heavy atom. The van der Waals surface area contributed by atoms with Crippen molar-refractivity contribution in [3.63, 3.8) is 0 Å². The smallest absolute Gasteiger partial charge is 0.340 e. The fourth-order valence-electron chi connectivity index (χ4n) is 3.41. The standard InChI is InChI=1S/C24H40N2O6/c1-6-8-29-9-7-26-21-17-24(3,4)16-20(19(2)18-25)22(21)23(27)32-15-14-31-13-12-30-11-10-28-5/h26H,6-17H2,1-5H3/b20-19+. The van der Waals surface area contributed by atoms with Crippen molar-refractivity contribution in [1.82, 2.24) is 5.32 Å². The Morgan fingerprint density at radius 3 is 2.25 bits per heavy atom. The molecule has 0 aromatic rings. The molecule has 32 heavy (non-hydrogen) atoms. The highest BCUT2D eigenvalue weighted by Gasteiger charge is 2.35. The Labute approximate surface area is 192 Å². The maximum atomic E-state index is 13.0. The molecule has 0 fully saturated rings. The number of rotatable bonds is 16. The maximum Gasteiger partial charge on any atom is 0.340 e. The molecule has 0 aromatic heterocycles. The Morgan fingerprint density at radius 2 is 1.62 bits per heavy atom. The SMILES string of the molecule is CCCOCCNC1=C(C(=O)OCCOCCOCCOC)/C(=C(\C)C#N)CC(C)(C)C1. The third-order valence-electron chi connectivity index (χ3n) is 4.94. The second-order valence-electron chi connectivity index (χ2n) is 8.48. The minimum atomic E-state index is -0.429. The molecule has 182 valence electrons. The lowest BCUT2D eigenvalue weighted by Crippen LogP contribution is -2.33. The molecule has 0 aromatic carbocycles. The van der Waals surface area contributed by atoms with Crippen molar-refractivity contribution in [1.29, 1.82) is 5.26 Å². The highest BCUT2D eigenvalue weighted by atomic mass is 16.6. The molecule has 0 saturated heterocycles. The molecule has 0 spiro atoms. The van der Waals surface area contributed by atoms with Crippen LogP contribution in [0.3, 0.4) is 0 Å². The number of ether oxygens (including phenoxy) is 5. The van der Waals surface area contributed by atoms with Gasteiger partial charge in [0.15, 0.2) is 0 Å². The predicted molar refractivity (Wildman–Crippen MR) is 122 cm³/mol. The largest absolute Gasteiger partial charge is 0.460 e. The van der Waals surface area contributed by atoms with E-state index in [0.717, 1.165) is 17.7 Å². The Kier molecular flexibility index (Phi) is 13.9. The molecule has 0 bridgehead atoms. The summed E-state index contributed by atoms with van der Waals surface area (Å²) in [6, 6.07) is 2.20. The minimum Gasteiger partial charge on any atom is -0.460 e. The van der Waals surface area contributed by atoms with E-state index in [1.807, 2.05) is 0 Å². The molecule has 0 atom stereocenters. The lowest BCUT2D eigenvalue weighted by molar-refractivity contribution is -0.140. The Balaban J connectivity index is 2.75. The lowest BCUT2D eigenvalue weighted by atomic mass is 9.72. The third kappa shape index (κ3) is 10.6. The molecular weight excluding hydrogens is 412 g/mol. The maximum absolute atomic E-state index is 13.0. The van der Waals surface area contributed by atoms with Crippen LogP contribution >= 0.6 is 0 Å². The van der Waals surface area contributed by atoms with Gasteiger partial charge in [-0.1, -0.05) is 20.8 Å².